The number of benzene rings is 1. The molecular formula is C16H23FN2O. The van der Waals surface area contributed by atoms with Crippen LogP contribution in [0.2, 0.25) is 0 Å². The molecule has 110 valence electrons. The molecule has 4 heteroatoms. The Morgan fingerprint density at radius 3 is 3.00 bits per heavy atom. The summed E-state index contributed by atoms with van der Waals surface area (Å²) in [5.74, 6) is -0.114. The van der Waals surface area contributed by atoms with E-state index >= 15 is 0 Å². The number of morpholine rings is 1. The number of hydrogen-bond acceptors (Lipinski definition) is 3. The van der Waals surface area contributed by atoms with Crippen molar-refractivity contribution >= 4 is 0 Å². The number of ether oxygens (including phenoxy) is 1. The molecule has 20 heavy (non-hydrogen) atoms. The summed E-state index contributed by atoms with van der Waals surface area (Å²) >= 11 is 0. The second-order valence-corrected chi connectivity index (χ2v) is 5.70. The lowest BCUT2D eigenvalue weighted by Crippen LogP contribution is -2.37. The number of nitrogens with one attached hydrogen (secondary N) is 1. The third-order valence-electron chi connectivity index (χ3n) is 4.33. The minimum absolute atomic E-state index is 0.114. The van der Waals surface area contributed by atoms with E-state index < -0.39 is 0 Å². The zero-order valence-electron chi connectivity index (χ0n) is 11.9. The van der Waals surface area contributed by atoms with Crippen LogP contribution in [0.4, 0.5) is 4.39 Å². The van der Waals surface area contributed by atoms with Gasteiger partial charge in [-0.05, 0) is 55.6 Å². The summed E-state index contributed by atoms with van der Waals surface area (Å²) in [5.41, 5.74) is 2.47. The molecule has 3 rings (SSSR count). The van der Waals surface area contributed by atoms with Gasteiger partial charge in [-0.1, -0.05) is 6.07 Å². The Kier molecular flexibility index (Phi) is 4.65. The molecule has 0 radical (unpaired) electrons. The maximum absolute atomic E-state index is 13.2. The normalized spacial score (nSPS) is 22.9. The lowest BCUT2D eigenvalue weighted by molar-refractivity contribution is 0.0374. The molecule has 0 spiro atoms. The molecule has 1 aliphatic carbocycles. The van der Waals surface area contributed by atoms with Crippen molar-refractivity contribution in [2.24, 2.45) is 0 Å². The average Bonchev–Trinajstić information content (AvgIpc) is 2.87. The highest BCUT2D eigenvalue weighted by molar-refractivity contribution is 5.34. The van der Waals surface area contributed by atoms with Gasteiger partial charge in [0.15, 0.2) is 0 Å². The van der Waals surface area contributed by atoms with Gasteiger partial charge in [-0.25, -0.2) is 4.39 Å². The van der Waals surface area contributed by atoms with Crippen LogP contribution in [-0.2, 0) is 11.2 Å². The van der Waals surface area contributed by atoms with E-state index in [9.17, 15) is 4.39 Å². The van der Waals surface area contributed by atoms with Crippen LogP contribution in [-0.4, -0.2) is 44.3 Å². The first kappa shape index (κ1) is 14.0. The standard InChI is InChI=1S/C16H23FN2O/c17-14-3-4-15-13(12-14)2-5-16(15)18-6-1-7-19-8-10-20-11-9-19/h3-4,12,16,18H,1-2,5-11H2. The predicted molar refractivity (Wildman–Crippen MR) is 77.3 cm³/mol. The molecule has 1 aliphatic heterocycles. The Morgan fingerprint density at radius 2 is 2.15 bits per heavy atom. The third kappa shape index (κ3) is 3.37. The molecule has 1 saturated heterocycles. The monoisotopic (exact) mass is 278 g/mol. The van der Waals surface area contributed by atoms with Crippen LogP contribution in [0.3, 0.4) is 0 Å². The molecule has 1 aromatic rings. The van der Waals surface area contributed by atoms with E-state index in [1.54, 1.807) is 12.1 Å². The van der Waals surface area contributed by atoms with Crippen molar-refractivity contribution in [3.63, 3.8) is 0 Å². The SMILES string of the molecule is Fc1ccc2c(c1)CCC2NCCCN1CCOCC1. The van der Waals surface area contributed by atoms with Crippen LogP contribution in [0.5, 0.6) is 0 Å². The van der Waals surface area contributed by atoms with Crippen LogP contribution in [0.15, 0.2) is 18.2 Å². The summed E-state index contributed by atoms with van der Waals surface area (Å²) < 4.78 is 18.5. The van der Waals surface area contributed by atoms with Crippen molar-refractivity contribution in [3.8, 4) is 0 Å². The van der Waals surface area contributed by atoms with Gasteiger partial charge in [-0.2, -0.15) is 0 Å². The van der Waals surface area contributed by atoms with Crippen molar-refractivity contribution in [3.05, 3.63) is 35.1 Å². The van der Waals surface area contributed by atoms with Crippen molar-refractivity contribution in [1.82, 2.24) is 10.2 Å². The highest BCUT2D eigenvalue weighted by Crippen LogP contribution is 2.31. The summed E-state index contributed by atoms with van der Waals surface area (Å²) in [5, 5.41) is 3.62. The summed E-state index contributed by atoms with van der Waals surface area (Å²) in [6.07, 6.45) is 3.25. The van der Waals surface area contributed by atoms with Crippen LogP contribution < -0.4 is 5.32 Å². The van der Waals surface area contributed by atoms with E-state index in [0.717, 1.165) is 58.7 Å². The maximum atomic E-state index is 13.2. The molecule has 3 nitrogen and oxygen atoms in total. The maximum Gasteiger partial charge on any atom is 0.123 e. The van der Waals surface area contributed by atoms with Gasteiger partial charge < -0.3 is 10.1 Å². The van der Waals surface area contributed by atoms with E-state index in [1.807, 2.05) is 6.07 Å². The molecule has 0 saturated carbocycles. The Hall–Kier alpha value is -0.970. The van der Waals surface area contributed by atoms with Crippen LogP contribution >= 0.6 is 0 Å². The number of rotatable bonds is 5. The largest absolute Gasteiger partial charge is 0.379 e. The number of halogens is 1. The van der Waals surface area contributed by atoms with Gasteiger partial charge in [-0.15, -0.1) is 0 Å². The minimum Gasteiger partial charge on any atom is -0.379 e. The van der Waals surface area contributed by atoms with Gasteiger partial charge in [0, 0.05) is 19.1 Å². The Bertz CT molecular complexity index is 446. The van der Waals surface area contributed by atoms with E-state index in [-0.39, 0.29) is 5.82 Å². The van der Waals surface area contributed by atoms with Gasteiger partial charge in [0.25, 0.3) is 0 Å². The molecular weight excluding hydrogens is 255 g/mol. The fourth-order valence-electron chi connectivity index (χ4n) is 3.20. The molecule has 1 N–H and O–H groups in total. The lowest BCUT2D eigenvalue weighted by atomic mass is 10.1. The highest BCUT2D eigenvalue weighted by Gasteiger charge is 2.22. The van der Waals surface area contributed by atoms with Crippen LogP contribution in [0.1, 0.15) is 30.0 Å². The van der Waals surface area contributed by atoms with Crippen molar-refractivity contribution < 1.29 is 9.13 Å². The van der Waals surface area contributed by atoms with Gasteiger partial charge in [-0.3, -0.25) is 4.90 Å². The molecule has 0 bridgehead atoms. The second-order valence-electron chi connectivity index (χ2n) is 5.70. The number of hydrogen-bond donors (Lipinski definition) is 1. The Balaban J connectivity index is 1.41. The van der Waals surface area contributed by atoms with Gasteiger partial charge in [0.05, 0.1) is 13.2 Å². The second kappa shape index (κ2) is 6.66. The molecule has 0 aromatic heterocycles. The Morgan fingerprint density at radius 1 is 1.30 bits per heavy atom. The zero-order chi connectivity index (χ0) is 13.8. The van der Waals surface area contributed by atoms with Gasteiger partial charge >= 0.3 is 0 Å². The first-order valence-corrected chi connectivity index (χ1v) is 7.65. The first-order valence-electron chi connectivity index (χ1n) is 7.65. The molecule has 1 unspecified atom stereocenters. The molecule has 1 heterocycles. The highest BCUT2D eigenvalue weighted by atomic mass is 19.1. The Labute approximate surface area is 120 Å². The summed E-state index contributed by atoms with van der Waals surface area (Å²) in [4.78, 5) is 2.46. The van der Waals surface area contributed by atoms with Gasteiger partial charge in [0.2, 0.25) is 0 Å². The van der Waals surface area contributed by atoms with Crippen molar-refractivity contribution in [2.45, 2.75) is 25.3 Å². The van der Waals surface area contributed by atoms with Crippen LogP contribution in [0.25, 0.3) is 0 Å². The molecule has 1 aromatic carbocycles. The van der Waals surface area contributed by atoms with E-state index in [0.29, 0.717) is 6.04 Å². The van der Waals surface area contributed by atoms with E-state index in [2.05, 4.69) is 10.2 Å². The fourth-order valence-corrected chi connectivity index (χ4v) is 3.20. The quantitative estimate of drug-likeness (QED) is 0.835. The van der Waals surface area contributed by atoms with Crippen molar-refractivity contribution in [2.75, 3.05) is 39.4 Å². The summed E-state index contributed by atoms with van der Waals surface area (Å²) in [6, 6.07) is 5.62. The summed E-state index contributed by atoms with van der Waals surface area (Å²) in [7, 11) is 0. The average molecular weight is 278 g/mol. The van der Waals surface area contributed by atoms with Crippen molar-refractivity contribution in [1.29, 1.82) is 0 Å². The molecule has 1 atom stereocenters. The molecule has 0 amide bonds. The minimum atomic E-state index is -0.114. The summed E-state index contributed by atoms with van der Waals surface area (Å²) in [6.45, 7) is 6.03. The first-order chi connectivity index (χ1) is 9.83. The van der Waals surface area contributed by atoms with Crippen LogP contribution in [0, 0.1) is 5.82 Å². The third-order valence-corrected chi connectivity index (χ3v) is 4.33. The zero-order valence-corrected chi connectivity index (χ0v) is 11.9. The lowest BCUT2D eigenvalue weighted by Gasteiger charge is -2.26. The molecule has 2 aliphatic rings. The van der Waals surface area contributed by atoms with E-state index in [4.69, 9.17) is 4.74 Å². The predicted octanol–water partition coefficient (Wildman–Crippen LogP) is 2.12. The van der Waals surface area contributed by atoms with Gasteiger partial charge in [0.1, 0.15) is 5.82 Å². The number of aryl methyl sites for hydroxylation is 1. The van der Waals surface area contributed by atoms with E-state index in [1.165, 1.54) is 11.1 Å². The molecule has 1 fully saturated rings. The number of nitrogens with zero attached hydrogens (tertiary/aromatic N) is 1. The fraction of sp³-hybridized carbons (Fsp3) is 0.625. The topological polar surface area (TPSA) is 24.5 Å². The smallest absolute Gasteiger partial charge is 0.123 e. The number of fused-ring (bicyclic) bond motifs is 1.